The van der Waals surface area contributed by atoms with Crippen molar-refractivity contribution >= 4 is 6.08 Å². The van der Waals surface area contributed by atoms with E-state index in [4.69, 9.17) is 0 Å². The van der Waals surface area contributed by atoms with Crippen LogP contribution in [-0.4, -0.2) is 17.8 Å². The van der Waals surface area contributed by atoms with Gasteiger partial charge in [-0.25, -0.2) is 4.79 Å². The maximum atomic E-state index is 10.5. The second-order valence-corrected chi connectivity index (χ2v) is 5.60. The van der Waals surface area contributed by atoms with E-state index in [0.29, 0.717) is 0 Å². The summed E-state index contributed by atoms with van der Waals surface area (Å²) in [6.07, 6.45) is 6.85. The van der Waals surface area contributed by atoms with Crippen molar-refractivity contribution < 1.29 is 9.90 Å². The van der Waals surface area contributed by atoms with Gasteiger partial charge in [-0.2, -0.15) is 4.99 Å². The molecule has 3 heteroatoms. The molecule has 0 saturated heterocycles. The first-order valence-corrected chi connectivity index (χ1v) is 6.56. The van der Waals surface area contributed by atoms with E-state index in [0.717, 1.165) is 37.7 Å². The number of rotatable bonds is 4. The zero-order valence-electron chi connectivity index (χ0n) is 10.4. The van der Waals surface area contributed by atoms with E-state index in [1.807, 2.05) is 0 Å². The first kappa shape index (κ1) is 11.6. The highest BCUT2D eigenvalue weighted by atomic mass is 16.3. The highest BCUT2D eigenvalue weighted by Gasteiger charge is 2.44. The lowest BCUT2D eigenvalue weighted by atomic mass is 9.72. The Morgan fingerprint density at radius 3 is 2.11 bits per heavy atom. The number of aliphatic hydroxyl groups is 1. The molecule has 1 aromatic carbocycles. The van der Waals surface area contributed by atoms with E-state index >= 15 is 0 Å². The number of carbonyl (C=O) groups excluding carboxylic acids is 1. The summed E-state index contributed by atoms with van der Waals surface area (Å²) >= 11 is 0. The topological polar surface area (TPSA) is 49.7 Å². The third-order valence-electron chi connectivity index (χ3n) is 4.63. The van der Waals surface area contributed by atoms with Gasteiger partial charge < -0.3 is 5.11 Å². The Hall–Kier alpha value is -1.44. The molecule has 0 atom stereocenters. The van der Waals surface area contributed by atoms with Crippen LogP contribution in [0.4, 0.5) is 0 Å². The van der Waals surface area contributed by atoms with Gasteiger partial charge in [-0.05, 0) is 43.2 Å². The molecule has 2 fully saturated rings. The summed E-state index contributed by atoms with van der Waals surface area (Å²) in [5.41, 5.74) is 2.02. The molecule has 0 aliphatic heterocycles. The lowest BCUT2D eigenvalue weighted by Crippen LogP contribution is -2.31. The van der Waals surface area contributed by atoms with E-state index in [2.05, 4.69) is 29.3 Å². The van der Waals surface area contributed by atoms with Crippen molar-refractivity contribution in [2.75, 3.05) is 6.61 Å². The Morgan fingerprint density at radius 1 is 1.11 bits per heavy atom. The lowest BCUT2D eigenvalue weighted by molar-refractivity contribution is 0.252. The van der Waals surface area contributed by atoms with Crippen LogP contribution in [0, 0.1) is 0 Å². The molecule has 18 heavy (non-hydrogen) atoms. The standard InChI is InChI=1S/C15H17NO2/c17-10-14(8-9-14)12-2-4-13(5-3-12)15(16-11-18)6-1-7-15/h2-5,17H,1,6-10H2. The average molecular weight is 243 g/mol. The Kier molecular flexibility index (Phi) is 2.61. The van der Waals surface area contributed by atoms with Crippen molar-refractivity contribution in [3.05, 3.63) is 35.4 Å². The highest BCUT2D eigenvalue weighted by Crippen LogP contribution is 2.49. The van der Waals surface area contributed by atoms with Crippen LogP contribution in [0.1, 0.15) is 43.2 Å². The Bertz CT molecular complexity index is 492. The molecule has 0 aromatic heterocycles. The molecule has 0 bridgehead atoms. The molecule has 0 amide bonds. The molecule has 0 spiro atoms. The average Bonchev–Trinajstić information content (AvgIpc) is 3.15. The Labute approximate surface area is 107 Å². The molecule has 2 aliphatic carbocycles. The van der Waals surface area contributed by atoms with Gasteiger partial charge in [-0.1, -0.05) is 24.3 Å². The molecule has 0 heterocycles. The van der Waals surface area contributed by atoms with E-state index in [1.165, 1.54) is 5.56 Å². The number of nitrogens with zero attached hydrogens (tertiary/aromatic N) is 1. The number of aliphatic imine (C=N–C) groups is 1. The van der Waals surface area contributed by atoms with Crippen LogP contribution in [0.15, 0.2) is 29.3 Å². The van der Waals surface area contributed by atoms with Crippen LogP contribution in [0.25, 0.3) is 0 Å². The maximum Gasteiger partial charge on any atom is 0.235 e. The maximum absolute atomic E-state index is 10.5. The predicted octanol–water partition coefficient (Wildman–Crippen LogP) is 2.43. The summed E-state index contributed by atoms with van der Waals surface area (Å²) in [7, 11) is 0. The molecule has 0 unspecified atom stereocenters. The van der Waals surface area contributed by atoms with Gasteiger partial charge in [-0.3, -0.25) is 0 Å². The van der Waals surface area contributed by atoms with Gasteiger partial charge in [0.05, 0.1) is 12.1 Å². The van der Waals surface area contributed by atoms with Crippen molar-refractivity contribution in [3.63, 3.8) is 0 Å². The van der Waals surface area contributed by atoms with E-state index in [9.17, 15) is 9.90 Å². The summed E-state index contributed by atoms with van der Waals surface area (Å²) in [5.74, 6) is 0. The monoisotopic (exact) mass is 243 g/mol. The second kappa shape index (κ2) is 4.04. The summed E-state index contributed by atoms with van der Waals surface area (Å²) in [5, 5.41) is 9.41. The fourth-order valence-electron chi connectivity index (χ4n) is 2.89. The van der Waals surface area contributed by atoms with E-state index < -0.39 is 0 Å². The third-order valence-corrected chi connectivity index (χ3v) is 4.63. The number of hydrogen-bond donors (Lipinski definition) is 1. The van der Waals surface area contributed by atoms with Gasteiger partial charge in [0.1, 0.15) is 0 Å². The van der Waals surface area contributed by atoms with Gasteiger partial charge in [0.15, 0.2) is 0 Å². The van der Waals surface area contributed by atoms with E-state index in [1.54, 1.807) is 6.08 Å². The molecule has 94 valence electrons. The minimum Gasteiger partial charge on any atom is -0.395 e. The molecule has 0 radical (unpaired) electrons. The number of benzene rings is 1. The second-order valence-electron chi connectivity index (χ2n) is 5.60. The van der Waals surface area contributed by atoms with Crippen molar-refractivity contribution in [3.8, 4) is 0 Å². The first-order valence-electron chi connectivity index (χ1n) is 6.56. The minimum absolute atomic E-state index is 0.0131. The van der Waals surface area contributed by atoms with Gasteiger partial charge >= 0.3 is 0 Å². The zero-order valence-corrected chi connectivity index (χ0v) is 10.4. The molecule has 3 nitrogen and oxygen atoms in total. The number of hydrogen-bond acceptors (Lipinski definition) is 3. The SMILES string of the molecule is O=C=NC1(c2ccc(C3(CO)CC3)cc2)CCC1. The van der Waals surface area contributed by atoms with Crippen LogP contribution in [-0.2, 0) is 15.7 Å². The fraction of sp³-hybridized carbons (Fsp3) is 0.533. The minimum atomic E-state index is -0.309. The van der Waals surface area contributed by atoms with E-state index in [-0.39, 0.29) is 17.6 Å². The summed E-state index contributed by atoms with van der Waals surface area (Å²) in [4.78, 5) is 14.5. The van der Waals surface area contributed by atoms with Gasteiger partial charge in [0, 0.05) is 5.41 Å². The lowest BCUT2D eigenvalue weighted by Gasteiger charge is -2.37. The van der Waals surface area contributed by atoms with Gasteiger partial charge in [-0.15, -0.1) is 0 Å². The summed E-state index contributed by atoms with van der Waals surface area (Å²) in [6.45, 7) is 0.226. The Balaban J connectivity index is 1.89. The molecule has 2 aliphatic rings. The molecular formula is C15H17NO2. The van der Waals surface area contributed by atoms with Crippen LogP contribution in [0.5, 0.6) is 0 Å². The number of aliphatic hydroxyl groups excluding tert-OH is 1. The molecule has 2 saturated carbocycles. The van der Waals surface area contributed by atoms with Gasteiger partial charge in [0.2, 0.25) is 6.08 Å². The van der Waals surface area contributed by atoms with Crippen LogP contribution in [0.3, 0.4) is 0 Å². The fourth-order valence-corrected chi connectivity index (χ4v) is 2.89. The normalized spacial score (nSPS) is 22.7. The van der Waals surface area contributed by atoms with Crippen LogP contribution in [0.2, 0.25) is 0 Å². The van der Waals surface area contributed by atoms with Crippen molar-refractivity contribution in [2.45, 2.75) is 43.1 Å². The predicted molar refractivity (Wildman–Crippen MR) is 68.1 cm³/mol. The van der Waals surface area contributed by atoms with Crippen molar-refractivity contribution in [2.24, 2.45) is 4.99 Å². The quantitative estimate of drug-likeness (QED) is 0.652. The van der Waals surface area contributed by atoms with Crippen molar-refractivity contribution in [1.82, 2.24) is 0 Å². The molecule has 3 rings (SSSR count). The zero-order chi connectivity index (χ0) is 12.6. The molecular weight excluding hydrogens is 226 g/mol. The largest absolute Gasteiger partial charge is 0.395 e. The molecule has 1 aromatic rings. The van der Waals surface area contributed by atoms with Crippen LogP contribution < -0.4 is 0 Å². The highest BCUT2D eigenvalue weighted by molar-refractivity contribution is 5.41. The summed E-state index contributed by atoms with van der Waals surface area (Å²) < 4.78 is 0. The van der Waals surface area contributed by atoms with Crippen molar-refractivity contribution in [1.29, 1.82) is 0 Å². The first-order chi connectivity index (χ1) is 8.75. The third kappa shape index (κ3) is 1.63. The Morgan fingerprint density at radius 2 is 1.72 bits per heavy atom. The van der Waals surface area contributed by atoms with Gasteiger partial charge in [0.25, 0.3) is 0 Å². The van der Waals surface area contributed by atoms with Crippen LogP contribution >= 0.6 is 0 Å². The summed E-state index contributed by atoms with van der Waals surface area (Å²) in [6, 6.07) is 8.29. The number of isocyanates is 1. The smallest absolute Gasteiger partial charge is 0.235 e. The molecule has 1 N–H and O–H groups in total.